The lowest BCUT2D eigenvalue weighted by Crippen LogP contribution is -2.46. The molecule has 9 heteroatoms. The van der Waals surface area contributed by atoms with Crippen LogP contribution in [0.15, 0.2) is 30.3 Å². The van der Waals surface area contributed by atoms with Gasteiger partial charge in [-0.2, -0.15) is 9.97 Å². The highest BCUT2D eigenvalue weighted by molar-refractivity contribution is 5.90. The van der Waals surface area contributed by atoms with Crippen LogP contribution in [0.2, 0.25) is 0 Å². The van der Waals surface area contributed by atoms with Crippen molar-refractivity contribution < 1.29 is 14.2 Å². The highest BCUT2D eigenvalue weighted by Crippen LogP contribution is 2.31. The summed E-state index contributed by atoms with van der Waals surface area (Å²) in [5, 5.41) is 4.44. The maximum Gasteiger partial charge on any atom is 0.229 e. The molecule has 2 fully saturated rings. The smallest absolute Gasteiger partial charge is 0.229 e. The van der Waals surface area contributed by atoms with Crippen LogP contribution in [0.4, 0.5) is 11.8 Å². The molecule has 0 amide bonds. The largest absolute Gasteiger partial charge is 0.496 e. The predicted molar refractivity (Wildman–Crippen MR) is 147 cm³/mol. The summed E-state index contributed by atoms with van der Waals surface area (Å²) in [6.45, 7) is 13.7. The lowest BCUT2D eigenvalue weighted by molar-refractivity contribution is -0.00570. The molecule has 2 aliphatic heterocycles. The van der Waals surface area contributed by atoms with Crippen molar-refractivity contribution in [3.05, 3.63) is 35.9 Å². The number of anilines is 2. The molecule has 1 N–H and O–H groups in total. The van der Waals surface area contributed by atoms with Crippen LogP contribution in [0.5, 0.6) is 5.75 Å². The molecule has 2 atom stereocenters. The Hall–Kier alpha value is -3.01. The Morgan fingerprint density at radius 1 is 1.00 bits per heavy atom. The fourth-order valence-corrected chi connectivity index (χ4v) is 5.03. The molecule has 2 saturated heterocycles. The molecule has 0 unspecified atom stereocenters. The number of pyridine rings is 1. The lowest BCUT2D eigenvalue weighted by Gasteiger charge is -2.36. The number of methoxy groups -OCH3 is 1. The molecule has 0 saturated carbocycles. The van der Waals surface area contributed by atoms with Gasteiger partial charge >= 0.3 is 0 Å². The molecular weight excluding hydrogens is 468 g/mol. The Morgan fingerprint density at radius 3 is 2.46 bits per heavy atom. The van der Waals surface area contributed by atoms with Crippen LogP contribution in [0.3, 0.4) is 0 Å². The fraction of sp³-hybridized carbons (Fsp3) is 0.536. The second-order valence-electron chi connectivity index (χ2n) is 10.2. The van der Waals surface area contributed by atoms with Crippen LogP contribution in [0.25, 0.3) is 22.3 Å². The first kappa shape index (κ1) is 25.6. The molecule has 1 aromatic carbocycles. The molecule has 9 nitrogen and oxygen atoms in total. The molecule has 3 aromatic rings. The van der Waals surface area contributed by atoms with E-state index >= 15 is 0 Å². The van der Waals surface area contributed by atoms with E-state index in [-0.39, 0.29) is 12.2 Å². The number of nitrogens with one attached hydrogen (secondary N) is 1. The monoisotopic (exact) mass is 506 g/mol. The van der Waals surface area contributed by atoms with Crippen LogP contribution < -0.4 is 19.9 Å². The topological polar surface area (TPSA) is 84.9 Å². The van der Waals surface area contributed by atoms with Crippen molar-refractivity contribution in [1.82, 2.24) is 20.3 Å². The van der Waals surface area contributed by atoms with Gasteiger partial charge in [-0.05, 0) is 44.2 Å². The zero-order valence-electron chi connectivity index (χ0n) is 22.5. The summed E-state index contributed by atoms with van der Waals surface area (Å²) in [7, 11) is 1.71. The summed E-state index contributed by atoms with van der Waals surface area (Å²) in [6.07, 6.45) is 0.234. The first-order chi connectivity index (χ1) is 17.9. The lowest BCUT2D eigenvalue weighted by atomic mass is 10.1. The SMILES string of the molecule is COc1ccc(-c2ccc3c(N4CCOCC4)nc(N4C[C@@H](C)O[C@@H](C)C4)nc3n2)cc1CNC(C)C. The summed E-state index contributed by atoms with van der Waals surface area (Å²) in [5.74, 6) is 2.50. The molecule has 2 aliphatic rings. The number of aromatic nitrogens is 3. The zero-order chi connectivity index (χ0) is 25.9. The van der Waals surface area contributed by atoms with Crippen molar-refractivity contribution in [2.24, 2.45) is 0 Å². The van der Waals surface area contributed by atoms with E-state index in [9.17, 15) is 0 Å². The van der Waals surface area contributed by atoms with Crippen molar-refractivity contribution >= 4 is 22.8 Å². The van der Waals surface area contributed by atoms with E-state index in [1.807, 2.05) is 6.07 Å². The third kappa shape index (κ3) is 5.79. The van der Waals surface area contributed by atoms with Crippen LogP contribution >= 0.6 is 0 Å². The van der Waals surface area contributed by atoms with Crippen molar-refractivity contribution in [1.29, 1.82) is 0 Å². The van der Waals surface area contributed by atoms with E-state index in [2.05, 4.69) is 67.1 Å². The van der Waals surface area contributed by atoms with Crippen molar-refractivity contribution in [2.45, 2.75) is 52.5 Å². The second-order valence-corrected chi connectivity index (χ2v) is 10.2. The number of fused-ring (bicyclic) bond motifs is 1. The standard InChI is InChI=1S/C28H38N6O3/c1-18(2)29-15-22-14-21(6-9-25(22)35-5)24-8-7-23-26(30-24)31-28(34-16-19(3)37-20(4)17-34)32-27(23)33-10-12-36-13-11-33/h6-9,14,18-20,29H,10-13,15-17H2,1-5H3/t19-,20+. The average molecular weight is 507 g/mol. The predicted octanol–water partition coefficient (Wildman–Crippen LogP) is 3.65. The highest BCUT2D eigenvalue weighted by atomic mass is 16.5. The maximum absolute atomic E-state index is 5.96. The van der Waals surface area contributed by atoms with Crippen LogP contribution in [0, 0.1) is 0 Å². The quantitative estimate of drug-likeness (QED) is 0.516. The van der Waals surface area contributed by atoms with Gasteiger partial charge in [0.1, 0.15) is 11.6 Å². The first-order valence-electron chi connectivity index (χ1n) is 13.2. The molecule has 198 valence electrons. The van der Waals surface area contributed by atoms with Gasteiger partial charge in [-0.15, -0.1) is 0 Å². The van der Waals surface area contributed by atoms with Gasteiger partial charge in [-0.25, -0.2) is 4.98 Å². The molecular formula is C28H38N6O3. The number of benzene rings is 1. The van der Waals surface area contributed by atoms with Gasteiger partial charge in [0, 0.05) is 49.9 Å². The Balaban J connectivity index is 1.57. The van der Waals surface area contributed by atoms with E-state index in [0.717, 1.165) is 66.5 Å². The van der Waals surface area contributed by atoms with E-state index in [1.54, 1.807) is 7.11 Å². The molecule has 0 bridgehead atoms. The van der Waals surface area contributed by atoms with Gasteiger partial charge in [-0.3, -0.25) is 0 Å². The second kappa shape index (κ2) is 11.2. The molecule has 4 heterocycles. The van der Waals surface area contributed by atoms with E-state index in [4.69, 9.17) is 29.2 Å². The van der Waals surface area contributed by atoms with Gasteiger partial charge < -0.3 is 29.3 Å². The van der Waals surface area contributed by atoms with E-state index < -0.39 is 0 Å². The Kier molecular flexibility index (Phi) is 7.73. The molecule has 0 radical (unpaired) electrons. The van der Waals surface area contributed by atoms with Gasteiger partial charge in [0.15, 0.2) is 5.65 Å². The van der Waals surface area contributed by atoms with Gasteiger partial charge in [0.05, 0.1) is 43.6 Å². The van der Waals surface area contributed by atoms with Crippen molar-refractivity contribution in [2.75, 3.05) is 56.3 Å². The Labute approximate surface area is 219 Å². The fourth-order valence-electron chi connectivity index (χ4n) is 5.03. The number of morpholine rings is 2. The average Bonchev–Trinajstić information content (AvgIpc) is 2.90. The third-order valence-corrected chi connectivity index (χ3v) is 6.82. The zero-order valence-corrected chi connectivity index (χ0v) is 22.5. The van der Waals surface area contributed by atoms with Crippen LogP contribution in [-0.4, -0.2) is 79.7 Å². The number of rotatable bonds is 7. The van der Waals surface area contributed by atoms with E-state index in [0.29, 0.717) is 30.9 Å². The number of hydrogen-bond donors (Lipinski definition) is 1. The van der Waals surface area contributed by atoms with Gasteiger partial charge in [0.25, 0.3) is 0 Å². The summed E-state index contributed by atoms with van der Waals surface area (Å²) >= 11 is 0. The van der Waals surface area contributed by atoms with Crippen LogP contribution in [0.1, 0.15) is 33.3 Å². The van der Waals surface area contributed by atoms with Crippen molar-refractivity contribution in [3.8, 4) is 17.0 Å². The minimum Gasteiger partial charge on any atom is -0.496 e. The van der Waals surface area contributed by atoms with Gasteiger partial charge in [-0.1, -0.05) is 13.8 Å². The summed E-state index contributed by atoms with van der Waals surface area (Å²) in [6, 6.07) is 10.8. The van der Waals surface area contributed by atoms with E-state index in [1.165, 1.54) is 0 Å². The molecule has 37 heavy (non-hydrogen) atoms. The maximum atomic E-state index is 5.96. The minimum atomic E-state index is 0.117. The number of hydrogen-bond acceptors (Lipinski definition) is 9. The molecule has 0 aliphatic carbocycles. The Morgan fingerprint density at radius 2 is 1.76 bits per heavy atom. The van der Waals surface area contributed by atoms with Crippen molar-refractivity contribution in [3.63, 3.8) is 0 Å². The normalized spacial score (nSPS) is 20.6. The molecule has 2 aromatic heterocycles. The minimum absolute atomic E-state index is 0.117. The highest BCUT2D eigenvalue weighted by Gasteiger charge is 2.26. The summed E-state index contributed by atoms with van der Waals surface area (Å²) < 4.78 is 17.2. The summed E-state index contributed by atoms with van der Waals surface area (Å²) in [5.41, 5.74) is 3.71. The number of nitrogens with zero attached hydrogens (tertiary/aromatic N) is 5. The number of ether oxygens (including phenoxy) is 3. The molecule has 0 spiro atoms. The molecule has 5 rings (SSSR count). The Bertz CT molecular complexity index is 1220. The summed E-state index contributed by atoms with van der Waals surface area (Å²) in [4.78, 5) is 19.6. The van der Waals surface area contributed by atoms with Crippen LogP contribution in [-0.2, 0) is 16.0 Å². The first-order valence-corrected chi connectivity index (χ1v) is 13.2. The van der Waals surface area contributed by atoms with Gasteiger partial charge in [0.2, 0.25) is 5.95 Å². The third-order valence-electron chi connectivity index (χ3n) is 6.82.